The molecule has 26 heavy (non-hydrogen) atoms. The number of thioether (sulfide) groups is 1. The van der Waals surface area contributed by atoms with Gasteiger partial charge >= 0.3 is 5.97 Å². The van der Waals surface area contributed by atoms with Crippen molar-refractivity contribution in [3.63, 3.8) is 0 Å². The SMILES string of the molecule is O=C(O)C[C@H](c1ccccc1)N1C(=O)C(=Cc2cccc(O)c2)SC1=S. The van der Waals surface area contributed by atoms with E-state index >= 15 is 0 Å². The van der Waals surface area contributed by atoms with E-state index in [1.807, 2.05) is 6.07 Å². The normalized spacial score (nSPS) is 16.9. The van der Waals surface area contributed by atoms with Gasteiger partial charge in [0, 0.05) is 0 Å². The lowest BCUT2D eigenvalue weighted by Crippen LogP contribution is -2.34. The highest BCUT2D eigenvalue weighted by Crippen LogP contribution is 2.39. The number of hydrogen-bond acceptors (Lipinski definition) is 5. The Morgan fingerprint density at radius 3 is 2.58 bits per heavy atom. The van der Waals surface area contributed by atoms with Crippen LogP contribution in [0.5, 0.6) is 5.75 Å². The van der Waals surface area contributed by atoms with Gasteiger partial charge < -0.3 is 10.2 Å². The molecule has 3 rings (SSSR count). The van der Waals surface area contributed by atoms with Crippen LogP contribution in [-0.4, -0.2) is 31.3 Å². The minimum absolute atomic E-state index is 0.0993. The zero-order chi connectivity index (χ0) is 18.7. The fourth-order valence-corrected chi connectivity index (χ4v) is 4.07. The molecule has 5 nitrogen and oxygen atoms in total. The first-order valence-corrected chi connectivity index (χ1v) is 9.01. The minimum Gasteiger partial charge on any atom is -0.508 e. The molecule has 2 aromatic carbocycles. The van der Waals surface area contributed by atoms with E-state index in [1.165, 1.54) is 4.90 Å². The van der Waals surface area contributed by atoms with Crippen LogP contribution in [0, 0.1) is 0 Å². The molecule has 0 bridgehead atoms. The number of phenolic OH excluding ortho intramolecular Hbond substituents is 1. The van der Waals surface area contributed by atoms with E-state index in [2.05, 4.69) is 0 Å². The second-order valence-electron chi connectivity index (χ2n) is 5.67. The van der Waals surface area contributed by atoms with Gasteiger partial charge in [0.15, 0.2) is 0 Å². The quantitative estimate of drug-likeness (QED) is 0.602. The Kier molecular flexibility index (Phi) is 5.39. The molecule has 2 aromatic rings. The van der Waals surface area contributed by atoms with Gasteiger partial charge in [-0.3, -0.25) is 14.5 Å². The Hall–Kier alpha value is -2.64. The fourth-order valence-electron chi connectivity index (χ4n) is 2.71. The van der Waals surface area contributed by atoms with E-state index < -0.39 is 12.0 Å². The predicted molar refractivity (Wildman–Crippen MR) is 105 cm³/mol. The van der Waals surface area contributed by atoms with Gasteiger partial charge in [-0.25, -0.2) is 0 Å². The first-order chi connectivity index (χ1) is 12.5. The average Bonchev–Trinajstić information content (AvgIpc) is 2.87. The number of carboxylic acid groups (broad SMARTS) is 1. The molecule has 1 fully saturated rings. The Bertz CT molecular complexity index is 895. The van der Waals surface area contributed by atoms with Crippen molar-refractivity contribution in [2.24, 2.45) is 0 Å². The van der Waals surface area contributed by atoms with Gasteiger partial charge in [-0.15, -0.1) is 0 Å². The number of phenols is 1. The molecule has 1 heterocycles. The summed E-state index contributed by atoms with van der Waals surface area (Å²) in [6.45, 7) is 0. The lowest BCUT2D eigenvalue weighted by atomic mass is 10.0. The number of aromatic hydroxyl groups is 1. The Balaban J connectivity index is 1.95. The smallest absolute Gasteiger partial charge is 0.305 e. The molecule has 0 unspecified atom stereocenters. The summed E-state index contributed by atoms with van der Waals surface area (Å²) in [7, 11) is 0. The van der Waals surface area contributed by atoms with Crippen molar-refractivity contribution in [3.05, 3.63) is 70.6 Å². The first-order valence-electron chi connectivity index (χ1n) is 7.78. The molecule has 0 radical (unpaired) electrons. The number of rotatable bonds is 5. The van der Waals surface area contributed by atoms with E-state index in [0.29, 0.717) is 20.4 Å². The van der Waals surface area contributed by atoms with E-state index in [1.54, 1.807) is 54.6 Å². The van der Waals surface area contributed by atoms with Crippen molar-refractivity contribution in [3.8, 4) is 5.75 Å². The van der Waals surface area contributed by atoms with Crippen LogP contribution in [0.4, 0.5) is 0 Å². The van der Waals surface area contributed by atoms with Crippen LogP contribution >= 0.6 is 24.0 Å². The standard InChI is InChI=1S/C19H15NO4S2/c21-14-8-4-5-12(9-14)10-16-18(24)20(19(25)26-16)15(11-17(22)23)13-6-2-1-3-7-13/h1-10,15,21H,11H2,(H,22,23)/t15-/m1/s1. The summed E-state index contributed by atoms with van der Waals surface area (Å²) in [6.07, 6.45) is 1.40. The van der Waals surface area contributed by atoms with E-state index in [9.17, 15) is 19.8 Å². The number of carbonyl (C=O) groups excluding carboxylic acids is 1. The van der Waals surface area contributed by atoms with Gasteiger partial charge in [0.25, 0.3) is 5.91 Å². The molecular formula is C19H15NO4S2. The summed E-state index contributed by atoms with van der Waals surface area (Å²) in [4.78, 5) is 26.0. The van der Waals surface area contributed by atoms with Crippen LogP contribution in [0.15, 0.2) is 59.5 Å². The lowest BCUT2D eigenvalue weighted by Gasteiger charge is -2.26. The second kappa shape index (κ2) is 7.72. The van der Waals surface area contributed by atoms with Crippen LogP contribution in [-0.2, 0) is 9.59 Å². The first kappa shape index (κ1) is 18.2. The molecule has 0 aliphatic carbocycles. The highest BCUT2D eigenvalue weighted by Gasteiger charge is 2.38. The zero-order valence-corrected chi connectivity index (χ0v) is 15.2. The summed E-state index contributed by atoms with van der Waals surface area (Å²) >= 11 is 6.48. The summed E-state index contributed by atoms with van der Waals surface area (Å²) < 4.78 is 0.316. The Morgan fingerprint density at radius 1 is 1.19 bits per heavy atom. The highest BCUT2D eigenvalue weighted by molar-refractivity contribution is 8.26. The highest BCUT2D eigenvalue weighted by atomic mass is 32.2. The van der Waals surface area contributed by atoms with Crippen LogP contribution in [0.3, 0.4) is 0 Å². The van der Waals surface area contributed by atoms with Crippen LogP contribution in [0.1, 0.15) is 23.6 Å². The summed E-state index contributed by atoms with van der Waals surface area (Å²) in [6, 6.07) is 14.8. The number of thiocarbonyl (C=S) groups is 1. The summed E-state index contributed by atoms with van der Waals surface area (Å²) in [5.41, 5.74) is 1.38. The molecule has 1 aliphatic rings. The third kappa shape index (κ3) is 3.95. The van der Waals surface area contributed by atoms with Crippen LogP contribution in [0.2, 0.25) is 0 Å². The number of hydrogen-bond donors (Lipinski definition) is 2. The minimum atomic E-state index is -1.01. The fraction of sp³-hybridized carbons (Fsp3) is 0.105. The van der Waals surface area contributed by atoms with Gasteiger partial charge in [0.05, 0.1) is 17.4 Å². The lowest BCUT2D eigenvalue weighted by molar-refractivity contribution is -0.138. The number of benzene rings is 2. The van der Waals surface area contributed by atoms with Crippen molar-refractivity contribution in [1.82, 2.24) is 4.90 Å². The average molecular weight is 385 g/mol. The van der Waals surface area contributed by atoms with Crippen molar-refractivity contribution >= 4 is 46.3 Å². The third-order valence-corrected chi connectivity index (χ3v) is 5.19. The molecule has 0 spiro atoms. The molecule has 0 aromatic heterocycles. The summed E-state index contributed by atoms with van der Waals surface area (Å²) in [5.74, 6) is -1.24. The topological polar surface area (TPSA) is 77.8 Å². The van der Waals surface area contributed by atoms with Crippen molar-refractivity contribution in [1.29, 1.82) is 0 Å². The molecule has 2 N–H and O–H groups in total. The van der Waals surface area contributed by atoms with Crippen molar-refractivity contribution < 1.29 is 19.8 Å². The third-order valence-electron chi connectivity index (χ3n) is 3.86. The molecule has 0 saturated carbocycles. The molecule has 7 heteroatoms. The van der Waals surface area contributed by atoms with Crippen LogP contribution < -0.4 is 0 Å². The maximum Gasteiger partial charge on any atom is 0.305 e. The van der Waals surface area contributed by atoms with Gasteiger partial charge in [0.2, 0.25) is 0 Å². The largest absolute Gasteiger partial charge is 0.508 e. The second-order valence-corrected chi connectivity index (χ2v) is 7.35. The Labute approximate surface area is 160 Å². The molecule has 132 valence electrons. The van der Waals surface area contributed by atoms with Crippen LogP contribution in [0.25, 0.3) is 6.08 Å². The molecule has 1 atom stereocenters. The number of carboxylic acids is 1. The van der Waals surface area contributed by atoms with Gasteiger partial charge in [-0.1, -0.05) is 66.4 Å². The van der Waals surface area contributed by atoms with Gasteiger partial charge in [-0.05, 0) is 29.3 Å². The molecular weight excluding hydrogens is 370 g/mol. The van der Waals surface area contributed by atoms with E-state index in [4.69, 9.17) is 12.2 Å². The Morgan fingerprint density at radius 2 is 1.92 bits per heavy atom. The summed E-state index contributed by atoms with van der Waals surface area (Å²) in [5, 5.41) is 18.8. The molecule has 1 aliphatic heterocycles. The maximum absolute atomic E-state index is 12.9. The number of carbonyl (C=O) groups is 2. The van der Waals surface area contributed by atoms with Gasteiger partial charge in [-0.2, -0.15) is 0 Å². The van der Waals surface area contributed by atoms with Gasteiger partial charge in [0.1, 0.15) is 10.1 Å². The molecule has 1 amide bonds. The zero-order valence-electron chi connectivity index (χ0n) is 13.5. The maximum atomic E-state index is 12.9. The number of amides is 1. The van der Waals surface area contributed by atoms with E-state index in [-0.39, 0.29) is 18.1 Å². The predicted octanol–water partition coefficient (Wildman–Crippen LogP) is 3.81. The number of nitrogens with zero attached hydrogens (tertiary/aromatic N) is 1. The van der Waals surface area contributed by atoms with Crippen molar-refractivity contribution in [2.45, 2.75) is 12.5 Å². The van der Waals surface area contributed by atoms with Crippen molar-refractivity contribution in [2.75, 3.05) is 0 Å². The number of aliphatic carboxylic acids is 1. The molecule has 1 saturated heterocycles. The van der Waals surface area contributed by atoms with E-state index in [0.717, 1.165) is 11.8 Å². The monoisotopic (exact) mass is 385 g/mol.